The zero-order chi connectivity index (χ0) is 17.1. The average Bonchev–Trinajstić information content (AvgIpc) is 2.96. The van der Waals surface area contributed by atoms with Gasteiger partial charge in [-0.15, -0.1) is 0 Å². The molecule has 0 unspecified atom stereocenters. The fourth-order valence-electron chi connectivity index (χ4n) is 1.88. The van der Waals surface area contributed by atoms with Gasteiger partial charge in [0.25, 0.3) is 5.91 Å². The lowest BCUT2D eigenvalue weighted by atomic mass is 10.3. The number of benzene rings is 1. The molecule has 3 aromatic rings. The number of carbonyl (C=O) groups is 1. The monoisotopic (exact) mass is 363 g/mol. The Labute approximate surface area is 147 Å². The van der Waals surface area contributed by atoms with Gasteiger partial charge in [-0.25, -0.2) is 9.97 Å². The van der Waals surface area contributed by atoms with Crippen LogP contribution in [0.1, 0.15) is 16.2 Å². The van der Waals surface area contributed by atoms with Crippen LogP contribution in [0.4, 0.5) is 17.3 Å². The van der Waals surface area contributed by atoms with Crippen LogP contribution in [-0.4, -0.2) is 21.0 Å². The summed E-state index contributed by atoms with van der Waals surface area (Å²) >= 11 is 11.8. The largest absolute Gasteiger partial charge is 0.360 e. The molecule has 1 aromatic carbocycles. The van der Waals surface area contributed by atoms with Crippen molar-refractivity contribution in [1.82, 2.24) is 15.1 Å². The molecule has 0 saturated heterocycles. The molecule has 122 valence electrons. The average molecular weight is 364 g/mol. The third-order valence-corrected chi connectivity index (χ3v) is 3.70. The molecule has 0 aliphatic rings. The summed E-state index contributed by atoms with van der Waals surface area (Å²) in [5.41, 5.74) is 0.856. The molecule has 7 nitrogen and oxygen atoms in total. The molecule has 2 heterocycles. The summed E-state index contributed by atoms with van der Waals surface area (Å²) in [4.78, 5) is 20.2. The third-order valence-electron chi connectivity index (χ3n) is 2.96. The van der Waals surface area contributed by atoms with Crippen LogP contribution >= 0.6 is 23.2 Å². The van der Waals surface area contributed by atoms with Crippen LogP contribution < -0.4 is 10.6 Å². The molecule has 0 bridgehead atoms. The number of rotatable bonds is 4. The number of aromatic nitrogens is 3. The van der Waals surface area contributed by atoms with Gasteiger partial charge in [0.1, 0.15) is 23.6 Å². The summed E-state index contributed by atoms with van der Waals surface area (Å²) in [6, 6.07) is 8.17. The molecule has 2 aromatic heterocycles. The lowest BCUT2D eigenvalue weighted by Crippen LogP contribution is -2.14. The maximum atomic E-state index is 12.2. The predicted molar refractivity (Wildman–Crippen MR) is 91.0 cm³/mol. The second-order valence-corrected chi connectivity index (χ2v) is 5.63. The maximum absolute atomic E-state index is 12.2. The van der Waals surface area contributed by atoms with Gasteiger partial charge >= 0.3 is 0 Å². The zero-order valence-corrected chi connectivity index (χ0v) is 13.9. The number of nitrogens with one attached hydrogen (secondary N) is 2. The van der Waals surface area contributed by atoms with E-state index in [9.17, 15) is 4.79 Å². The minimum atomic E-state index is -0.428. The van der Waals surface area contributed by atoms with Crippen molar-refractivity contribution < 1.29 is 9.32 Å². The number of hydrogen-bond acceptors (Lipinski definition) is 6. The number of anilines is 3. The fourth-order valence-corrected chi connectivity index (χ4v) is 2.18. The van der Waals surface area contributed by atoms with Crippen LogP contribution in [0.25, 0.3) is 0 Å². The predicted octanol–water partition coefficient (Wildman–Crippen LogP) is 4.08. The Balaban J connectivity index is 1.75. The number of amides is 1. The molecule has 0 spiro atoms. The van der Waals surface area contributed by atoms with Gasteiger partial charge in [-0.05, 0) is 25.1 Å². The SMILES string of the molecule is Cc1cc(NC(=O)c2cc(Nc3ccc(Cl)c(Cl)c3)ncn2)no1. The van der Waals surface area contributed by atoms with E-state index in [0.29, 0.717) is 33.1 Å². The molecule has 1 amide bonds. The standard InChI is InChI=1S/C15H11Cl2N5O2/c1-8-4-14(22-24-8)21-15(23)12-6-13(19-7-18-12)20-9-2-3-10(16)11(17)5-9/h2-7H,1H3,(H,18,19,20)(H,21,22,23). The van der Waals surface area contributed by atoms with Crippen LogP contribution in [0.2, 0.25) is 10.0 Å². The zero-order valence-electron chi connectivity index (χ0n) is 12.4. The lowest BCUT2D eigenvalue weighted by Gasteiger charge is -2.07. The Kier molecular flexibility index (Phi) is 4.64. The van der Waals surface area contributed by atoms with Crippen molar-refractivity contribution in [2.75, 3.05) is 10.6 Å². The highest BCUT2D eigenvalue weighted by molar-refractivity contribution is 6.42. The van der Waals surface area contributed by atoms with Crippen LogP contribution in [-0.2, 0) is 0 Å². The first kappa shape index (κ1) is 16.2. The highest BCUT2D eigenvalue weighted by Gasteiger charge is 2.12. The van der Waals surface area contributed by atoms with Gasteiger partial charge in [-0.3, -0.25) is 4.79 Å². The summed E-state index contributed by atoms with van der Waals surface area (Å²) < 4.78 is 4.89. The van der Waals surface area contributed by atoms with Crippen LogP contribution in [0.3, 0.4) is 0 Å². The topological polar surface area (TPSA) is 92.9 Å². The number of aryl methyl sites for hydroxylation is 1. The summed E-state index contributed by atoms with van der Waals surface area (Å²) in [7, 11) is 0. The second kappa shape index (κ2) is 6.86. The van der Waals surface area contributed by atoms with E-state index in [2.05, 4.69) is 25.8 Å². The summed E-state index contributed by atoms with van der Waals surface area (Å²) in [6.07, 6.45) is 1.28. The highest BCUT2D eigenvalue weighted by atomic mass is 35.5. The van der Waals surface area contributed by atoms with Crippen LogP contribution in [0.5, 0.6) is 0 Å². The quantitative estimate of drug-likeness (QED) is 0.725. The van der Waals surface area contributed by atoms with E-state index in [1.54, 1.807) is 31.2 Å². The molecule has 3 rings (SSSR count). The molecular formula is C15H11Cl2N5O2. The van der Waals surface area contributed by atoms with Gasteiger partial charge in [-0.2, -0.15) is 0 Å². The minimum absolute atomic E-state index is 0.174. The first-order valence-electron chi connectivity index (χ1n) is 6.80. The van der Waals surface area contributed by atoms with E-state index < -0.39 is 5.91 Å². The molecule has 0 aliphatic carbocycles. The molecule has 0 radical (unpaired) electrons. The summed E-state index contributed by atoms with van der Waals surface area (Å²) in [6.45, 7) is 1.73. The van der Waals surface area contributed by atoms with Crippen LogP contribution in [0.15, 0.2) is 41.2 Å². The van der Waals surface area contributed by atoms with Gasteiger partial charge < -0.3 is 15.2 Å². The number of nitrogens with zero attached hydrogens (tertiary/aromatic N) is 3. The maximum Gasteiger partial charge on any atom is 0.275 e. The smallest absolute Gasteiger partial charge is 0.275 e. The van der Waals surface area contributed by atoms with E-state index in [1.165, 1.54) is 12.4 Å². The normalized spacial score (nSPS) is 10.5. The Hall–Kier alpha value is -2.64. The van der Waals surface area contributed by atoms with E-state index in [-0.39, 0.29) is 5.69 Å². The molecule has 0 atom stereocenters. The molecule has 0 fully saturated rings. The van der Waals surface area contributed by atoms with Gasteiger partial charge in [0.2, 0.25) is 0 Å². The molecule has 24 heavy (non-hydrogen) atoms. The number of hydrogen-bond donors (Lipinski definition) is 2. The van der Waals surface area contributed by atoms with E-state index in [1.807, 2.05) is 0 Å². The van der Waals surface area contributed by atoms with Gasteiger partial charge in [0.05, 0.1) is 10.0 Å². The van der Waals surface area contributed by atoms with E-state index >= 15 is 0 Å². The Morgan fingerprint density at radius 3 is 2.62 bits per heavy atom. The van der Waals surface area contributed by atoms with E-state index in [4.69, 9.17) is 27.7 Å². The Morgan fingerprint density at radius 1 is 1.08 bits per heavy atom. The van der Waals surface area contributed by atoms with Gasteiger partial charge in [0, 0.05) is 17.8 Å². The molecular weight excluding hydrogens is 353 g/mol. The van der Waals surface area contributed by atoms with Crippen LogP contribution in [0, 0.1) is 6.92 Å². The third kappa shape index (κ3) is 3.81. The molecule has 2 N–H and O–H groups in total. The van der Waals surface area contributed by atoms with Crippen molar-refractivity contribution in [3.05, 3.63) is 58.2 Å². The lowest BCUT2D eigenvalue weighted by molar-refractivity contribution is 0.102. The van der Waals surface area contributed by atoms with E-state index in [0.717, 1.165) is 0 Å². The van der Waals surface area contributed by atoms with Crippen molar-refractivity contribution in [1.29, 1.82) is 0 Å². The van der Waals surface area contributed by atoms with Crippen molar-refractivity contribution in [2.24, 2.45) is 0 Å². The Morgan fingerprint density at radius 2 is 1.92 bits per heavy atom. The second-order valence-electron chi connectivity index (χ2n) is 4.82. The first-order chi connectivity index (χ1) is 11.5. The molecule has 0 saturated carbocycles. The summed E-state index contributed by atoms with van der Waals surface area (Å²) in [5.74, 6) is 0.915. The fraction of sp³-hybridized carbons (Fsp3) is 0.0667. The van der Waals surface area contributed by atoms with Crippen molar-refractivity contribution in [3.63, 3.8) is 0 Å². The summed E-state index contributed by atoms with van der Waals surface area (Å²) in [5, 5.41) is 10.2. The van der Waals surface area contributed by atoms with Crippen molar-refractivity contribution >= 4 is 46.4 Å². The van der Waals surface area contributed by atoms with Crippen molar-refractivity contribution in [3.8, 4) is 0 Å². The molecule has 9 heteroatoms. The van der Waals surface area contributed by atoms with Gasteiger partial charge in [0.15, 0.2) is 5.82 Å². The molecule has 0 aliphatic heterocycles. The number of carbonyl (C=O) groups excluding carboxylic acids is 1. The van der Waals surface area contributed by atoms with Crippen molar-refractivity contribution in [2.45, 2.75) is 6.92 Å². The first-order valence-corrected chi connectivity index (χ1v) is 7.55. The van der Waals surface area contributed by atoms with Gasteiger partial charge in [-0.1, -0.05) is 28.4 Å². The minimum Gasteiger partial charge on any atom is -0.360 e. The highest BCUT2D eigenvalue weighted by Crippen LogP contribution is 2.26. The number of halogens is 2. The Bertz CT molecular complexity index is 897.